The Bertz CT molecular complexity index is 425. The van der Waals surface area contributed by atoms with Crippen molar-refractivity contribution >= 4 is 6.09 Å². The van der Waals surface area contributed by atoms with Crippen molar-refractivity contribution in [1.29, 1.82) is 0 Å². The minimum absolute atomic E-state index is 0.200. The molecule has 1 fully saturated rings. The van der Waals surface area contributed by atoms with Crippen molar-refractivity contribution < 1.29 is 14.1 Å². The van der Waals surface area contributed by atoms with Crippen LogP contribution in [0.3, 0.4) is 0 Å². The van der Waals surface area contributed by atoms with Crippen LogP contribution >= 0.6 is 0 Å². The number of aryl methyl sites for hydroxylation is 1. The van der Waals surface area contributed by atoms with E-state index in [2.05, 4.69) is 17.4 Å². The fraction of sp³-hybridized carbons (Fsp3) is 0.714. The van der Waals surface area contributed by atoms with Crippen molar-refractivity contribution in [1.82, 2.24) is 15.4 Å². The first-order chi connectivity index (χ1) is 9.72. The van der Waals surface area contributed by atoms with E-state index in [0.29, 0.717) is 19.2 Å². The topological polar surface area (TPSA) is 67.6 Å². The van der Waals surface area contributed by atoms with Crippen molar-refractivity contribution in [3.63, 3.8) is 0 Å². The second-order valence-electron chi connectivity index (χ2n) is 4.98. The molecule has 1 aliphatic heterocycles. The Kier molecular flexibility index (Phi) is 5.40. The summed E-state index contributed by atoms with van der Waals surface area (Å²) in [6.45, 7) is 6.49. The van der Waals surface area contributed by atoms with Crippen LogP contribution in [0, 0.1) is 0 Å². The van der Waals surface area contributed by atoms with Crippen LogP contribution in [-0.4, -0.2) is 41.9 Å². The van der Waals surface area contributed by atoms with E-state index in [1.54, 1.807) is 4.90 Å². The minimum atomic E-state index is -0.200. The highest BCUT2D eigenvalue weighted by Gasteiger charge is 2.23. The van der Waals surface area contributed by atoms with Crippen LogP contribution in [0.25, 0.3) is 0 Å². The molecule has 1 aromatic heterocycles. The third-order valence-electron chi connectivity index (χ3n) is 3.56. The molecule has 112 valence electrons. The number of likely N-dealkylation sites (tertiary alicyclic amines) is 1. The summed E-state index contributed by atoms with van der Waals surface area (Å²) >= 11 is 0. The van der Waals surface area contributed by atoms with E-state index in [9.17, 15) is 4.79 Å². The Balaban J connectivity index is 1.70. The van der Waals surface area contributed by atoms with E-state index in [0.717, 1.165) is 43.8 Å². The lowest BCUT2D eigenvalue weighted by molar-refractivity contribution is 0.0948. The van der Waals surface area contributed by atoms with Crippen molar-refractivity contribution in [2.24, 2.45) is 0 Å². The summed E-state index contributed by atoms with van der Waals surface area (Å²) < 4.78 is 10.2. The standard InChI is InChI=1S/C14H23N3O3/c1-3-11-9-13(20-16-11)10-15-12-5-7-17(8-6-12)14(18)19-4-2/h9,12,15H,3-8,10H2,1-2H3. The molecule has 1 amide bonds. The quantitative estimate of drug-likeness (QED) is 0.893. The zero-order chi connectivity index (χ0) is 14.4. The van der Waals surface area contributed by atoms with Gasteiger partial charge in [0.2, 0.25) is 0 Å². The fourth-order valence-corrected chi connectivity index (χ4v) is 2.33. The average molecular weight is 281 g/mol. The molecule has 0 aliphatic carbocycles. The molecule has 1 N–H and O–H groups in total. The molecule has 20 heavy (non-hydrogen) atoms. The highest BCUT2D eigenvalue weighted by Crippen LogP contribution is 2.12. The van der Waals surface area contributed by atoms with Crippen molar-refractivity contribution in [3.05, 3.63) is 17.5 Å². The van der Waals surface area contributed by atoms with E-state index in [4.69, 9.17) is 9.26 Å². The predicted octanol–water partition coefficient (Wildman–Crippen LogP) is 1.95. The molecule has 6 heteroatoms. The number of hydrogen-bond donors (Lipinski definition) is 1. The molecule has 0 unspecified atom stereocenters. The van der Waals surface area contributed by atoms with E-state index >= 15 is 0 Å². The van der Waals surface area contributed by atoms with Gasteiger partial charge in [0.25, 0.3) is 0 Å². The largest absolute Gasteiger partial charge is 0.450 e. The third kappa shape index (κ3) is 3.96. The van der Waals surface area contributed by atoms with Gasteiger partial charge < -0.3 is 19.5 Å². The number of ether oxygens (including phenoxy) is 1. The zero-order valence-corrected chi connectivity index (χ0v) is 12.2. The van der Waals surface area contributed by atoms with Gasteiger partial charge in [-0.25, -0.2) is 4.79 Å². The van der Waals surface area contributed by atoms with Crippen LogP contribution in [0.5, 0.6) is 0 Å². The summed E-state index contributed by atoms with van der Waals surface area (Å²) in [5.74, 6) is 0.870. The Morgan fingerprint density at radius 3 is 2.85 bits per heavy atom. The van der Waals surface area contributed by atoms with Gasteiger partial charge in [0.15, 0.2) is 5.76 Å². The molecule has 2 rings (SSSR count). The number of piperidine rings is 1. The van der Waals surface area contributed by atoms with E-state index in [1.165, 1.54) is 0 Å². The van der Waals surface area contributed by atoms with Crippen LogP contribution < -0.4 is 5.32 Å². The van der Waals surface area contributed by atoms with Crippen LogP contribution in [0.1, 0.15) is 38.1 Å². The van der Waals surface area contributed by atoms with Gasteiger partial charge in [-0.1, -0.05) is 12.1 Å². The van der Waals surface area contributed by atoms with Gasteiger partial charge in [0.1, 0.15) is 0 Å². The number of hydrogen-bond acceptors (Lipinski definition) is 5. The van der Waals surface area contributed by atoms with Crippen LogP contribution in [0.4, 0.5) is 4.79 Å². The van der Waals surface area contributed by atoms with Crippen LogP contribution in [0.2, 0.25) is 0 Å². The van der Waals surface area contributed by atoms with Crippen LogP contribution in [-0.2, 0) is 17.7 Å². The highest BCUT2D eigenvalue weighted by atomic mass is 16.6. The van der Waals surface area contributed by atoms with Crippen molar-refractivity contribution in [2.45, 2.75) is 45.7 Å². The van der Waals surface area contributed by atoms with Crippen molar-refractivity contribution in [3.8, 4) is 0 Å². The van der Waals surface area contributed by atoms with Gasteiger partial charge in [0, 0.05) is 25.2 Å². The first-order valence-electron chi connectivity index (χ1n) is 7.32. The molecular weight excluding hydrogens is 258 g/mol. The molecule has 0 spiro atoms. The number of aromatic nitrogens is 1. The normalized spacial score (nSPS) is 16.4. The molecule has 0 radical (unpaired) electrons. The molecule has 0 saturated carbocycles. The maximum absolute atomic E-state index is 11.6. The van der Waals surface area contributed by atoms with Crippen molar-refractivity contribution in [2.75, 3.05) is 19.7 Å². The maximum Gasteiger partial charge on any atom is 0.409 e. The molecular formula is C14H23N3O3. The van der Waals surface area contributed by atoms with Crippen LogP contribution in [0.15, 0.2) is 10.6 Å². The number of amides is 1. The van der Waals surface area contributed by atoms with E-state index < -0.39 is 0 Å². The van der Waals surface area contributed by atoms with Gasteiger partial charge in [-0.05, 0) is 26.2 Å². The third-order valence-corrected chi connectivity index (χ3v) is 3.56. The Morgan fingerprint density at radius 1 is 1.50 bits per heavy atom. The summed E-state index contributed by atoms with van der Waals surface area (Å²) in [5.41, 5.74) is 0.985. The SMILES string of the molecule is CCOC(=O)N1CCC(NCc2cc(CC)no2)CC1. The summed E-state index contributed by atoms with van der Waals surface area (Å²) in [7, 11) is 0. The first-order valence-corrected chi connectivity index (χ1v) is 7.32. The summed E-state index contributed by atoms with van der Waals surface area (Å²) in [6, 6.07) is 2.40. The molecule has 2 heterocycles. The zero-order valence-electron chi connectivity index (χ0n) is 12.2. The molecule has 1 aliphatic rings. The monoisotopic (exact) mass is 281 g/mol. The second kappa shape index (κ2) is 7.28. The first kappa shape index (κ1) is 14.8. The summed E-state index contributed by atoms with van der Waals surface area (Å²) in [4.78, 5) is 13.3. The smallest absolute Gasteiger partial charge is 0.409 e. The molecule has 0 atom stereocenters. The number of carbonyl (C=O) groups is 1. The second-order valence-corrected chi connectivity index (χ2v) is 4.98. The predicted molar refractivity (Wildman–Crippen MR) is 74.3 cm³/mol. The Hall–Kier alpha value is -1.56. The van der Waals surface area contributed by atoms with Gasteiger partial charge in [-0.2, -0.15) is 0 Å². The fourth-order valence-electron chi connectivity index (χ4n) is 2.33. The Labute approximate surface area is 119 Å². The number of carbonyl (C=O) groups excluding carboxylic acids is 1. The number of nitrogens with zero attached hydrogens (tertiary/aromatic N) is 2. The summed E-state index contributed by atoms with van der Waals surface area (Å²) in [5, 5.41) is 7.42. The summed E-state index contributed by atoms with van der Waals surface area (Å²) in [6.07, 6.45) is 2.57. The van der Waals surface area contributed by atoms with E-state index in [-0.39, 0.29) is 6.09 Å². The lowest BCUT2D eigenvalue weighted by atomic mass is 10.1. The molecule has 0 aromatic carbocycles. The molecule has 0 bridgehead atoms. The highest BCUT2D eigenvalue weighted by molar-refractivity contribution is 5.67. The lowest BCUT2D eigenvalue weighted by Gasteiger charge is -2.31. The van der Waals surface area contributed by atoms with Gasteiger partial charge in [-0.15, -0.1) is 0 Å². The lowest BCUT2D eigenvalue weighted by Crippen LogP contribution is -2.44. The Morgan fingerprint density at radius 2 is 2.25 bits per heavy atom. The molecule has 1 aromatic rings. The van der Waals surface area contributed by atoms with Gasteiger partial charge >= 0.3 is 6.09 Å². The number of rotatable bonds is 5. The maximum atomic E-state index is 11.6. The minimum Gasteiger partial charge on any atom is -0.450 e. The molecule has 6 nitrogen and oxygen atoms in total. The number of nitrogens with one attached hydrogen (secondary N) is 1. The van der Waals surface area contributed by atoms with Gasteiger partial charge in [0.05, 0.1) is 18.8 Å². The van der Waals surface area contributed by atoms with Gasteiger partial charge in [-0.3, -0.25) is 0 Å². The molecule has 1 saturated heterocycles. The van der Waals surface area contributed by atoms with E-state index in [1.807, 2.05) is 13.0 Å². The average Bonchev–Trinajstić information content (AvgIpc) is 2.94.